The molecule has 3 N–H and O–H groups in total. The molecular weight excluding hydrogens is 184 g/mol. The molecule has 0 aromatic heterocycles. The number of rotatable bonds is 5. The molecule has 2 fully saturated rings. The summed E-state index contributed by atoms with van der Waals surface area (Å²) in [6.45, 7) is 4.72. The van der Waals surface area contributed by atoms with Gasteiger partial charge in [0.15, 0.2) is 0 Å². The van der Waals surface area contributed by atoms with E-state index in [0.29, 0.717) is 11.5 Å². The summed E-state index contributed by atoms with van der Waals surface area (Å²) in [7, 11) is 0. The fraction of sp³-hybridized carbons (Fsp3) is 1.00. The zero-order chi connectivity index (χ0) is 10.7. The van der Waals surface area contributed by atoms with Crippen LogP contribution < -0.4 is 11.1 Å². The minimum atomic E-state index is 0.469. The SMILES string of the molecule is CCC1(CNCC2CCCC2N)CCC1. The van der Waals surface area contributed by atoms with E-state index in [9.17, 15) is 0 Å². The van der Waals surface area contributed by atoms with Crippen LogP contribution in [0.2, 0.25) is 0 Å². The summed E-state index contributed by atoms with van der Waals surface area (Å²) in [6.07, 6.45) is 9.58. The van der Waals surface area contributed by atoms with Crippen molar-refractivity contribution in [2.45, 2.75) is 57.9 Å². The highest BCUT2D eigenvalue weighted by Gasteiger charge is 2.34. The van der Waals surface area contributed by atoms with Crippen LogP contribution in [0.5, 0.6) is 0 Å². The highest BCUT2D eigenvalue weighted by atomic mass is 14.9. The lowest BCUT2D eigenvalue weighted by atomic mass is 9.67. The second kappa shape index (κ2) is 4.84. The van der Waals surface area contributed by atoms with Gasteiger partial charge in [0.1, 0.15) is 0 Å². The van der Waals surface area contributed by atoms with Crippen molar-refractivity contribution in [3.8, 4) is 0 Å². The monoisotopic (exact) mass is 210 g/mol. The maximum Gasteiger partial charge on any atom is 0.00792 e. The Balaban J connectivity index is 1.65. The van der Waals surface area contributed by atoms with Gasteiger partial charge in [-0.3, -0.25) is 0 Å². The van der Waals surface area contributed by atoms with Crippen molar-refractivity contribution in [1.82, 2.24) is 5.32 Å². The van der Waals surface area contributed by atoms with Crippen molar-refractivity contribution in [2.75, 3.05) is 13.1 Å². The molecular formula is C13H26N2. The topological polar surface area (TPSA) is 38.0 Å². The molecule has 0 bridgehead atoms. The Morgan fingerprint density at radius 1 is 1.27 bits per heavy atom. The average Bonchev–Trinajstić information content (AvgIpc) is 2.57. The highest BCUT2D eigenvalue weighted by molar-refractivity contribution is 4.89. The maximum absolute atomic E-state index is 6.07. The molecule has 0 radical (unpaired) electrons. The van der Waals surface area contributed by atoms with E-state index in [-0.39, 0.29) is 0 Å². The van der Waals surface area contributed by atoms with Crippen LogP contribution in [0.15, 0.2) is 0 Å². The summed E-state index contributed by atoms with van der Waals surface area (Å²) in [5.41, 5.74) is 6.72. The van der Waals surface area contributed by atoms with Crippen LogP contribution in [0.25, 0.3) is 0 Å². The Bertz CT molecular complexity index is 193. The summed E-state index contributed by atoms with van der Waals surface area (Å²) in [4.78, 5) is 0. The minimum absolute atomic E-state index is 0.469. The Labute approximate surface area is 94.0 Å². The van der Waals surface area contributed by atoms with Gasteiger partial charge < -0.3 is 11.1 Å². The molecule has 0 spiro atoms. The van der Waals surface area contributed by atoms with Crippen molar-refractivity contribution in [2.24, 2.45) is 17.1 Å². The van der Waals surface area contributed by atoms with Gasteiger partial charge in [0.2, 0.25) is 0 Å². The van der Waals surface area contributed by atoms with Gasteiger partial charge in [0.05, 0.1) is 0 Å². The Hall–Kier alpha value is -0.0800. The molecule has 2 rings (SSSR count). The fourth-order valence-corrected chi connectivity index (χ4v) is 3.17. The third kappa shape index (κ3) is 2.54. The van der Waals surface area contributed by atoms with E-state index in [1.165, 1.54) is 51.5 Å². The molecule has 0 heterocycles. The van der Waals surface area contributed by atoms with Gasteiger partial charge in [-0.25, -0.2) is 0 Å². The van der Waals surface area contributed by atoms with Gasteiger partial charge in [-0.1, -0.05) is 19.8 Å². The Morgan fingerprint density at radius 3 is 2.53 bits per heavy atom. The van der Waals surface area contributed by atoms with Crippen LogP contribution >= 0.6 is 0 Å². The minimum Gasteiger partial charge on any atom is -0.327 e. The second-order valence-corrected chi connectivity index (χ2v) is 5.69. The highest BCUT2D eigenvalue weighted by Crippen LogP contribution is 2.43. The van der Waals surface area contributed by atoms with E-state index in [4.69, 9.17) is 5.73 Å². The molecule has 2 saturated carbocycles. The molecule has 0 amide bonds. The van der Waals surface area contributed by atoms with E-state index in [1.54, 1.807) is 0 Å². The van der Waals surface area contributed by atoms with Crippen LogP contribution in [0, 0.1) is 11.3 Å². The lowest BCUT2D eigenvalue weighted by Gasteiger charge is -2.42. The predicted octanol–water partition coefficient (Wildman–Crippen LogP) is 2.28. The molecule has 2 aliphatic rings. The van der Waals surface area contributed by atoms with Crippen LogP contribution in [0.4, 0.5) is 0 Å². The van der Waals surface area contributed by atoms with Gasteiger partial charge in [-0.15, -0.1) is 0 Å². The number of hydrogen-bond donors (Lipinski definition) is 2. The second-order valence-electron chi connectivity index (χ2n) is 5.69. The predicted molar refractivity (Wildman–Crippen MR) is 64.8 cm³/mol. The van der Waals surface area contributed by atoms with Crippen molar-refractivity contribution in [3.05, 3.63) is 0 Å². The van der Waals surface area contributed by atoms with Gasteiger partial charge in [0, 0.05) is 12.6 Å². The largest absolute Gasteiger partial charge is 0.327 e. The molecule has 0 aliphatic heterocycles. The number of nitrogens with one attached hydrogen (secondary N) is 1. The molecule has 0 saturated heterocycles. The smallest absolute Gasteiger partial charge is 0.00792 e. The lowest BCUT2D eigenvalue weighted by molar-refractivity contribution is 0.122. The normalized spacial score (nSPS) is 34.0. The molecule has 2 aliphatic carbocycles. The van der Waals surface area contributed by atoms with Crippen LogP contribution in [0.3, 0.4) is 0 Å². The summed E-state index contributed by atoms with van der Waals surface area (Å²) in [5.74, 6) is 0.749. The third-order valence-corrected chi connectivity index (χ3v) is 4.79. The molecule has 2 atom stereocenters. The molecule has 15 heavy (non-hydrogen) atoms. The summed E-state index contributed by atoms with van der Waals surface area (Å²) in [5, 5.41) is 3.67. The van der Waals surface area contributed by atoms with Crippen LogP contribution in [-0.2, 0) is 0 Å². The van der Waals surface area contributed by atoms with E-state index in [1.807, 2.05) is 0 Å². The van der Waals surface area contributed by atoms with Gasteiger partial charge in [-0.2, -0.15) is 0 Å². The van der Waals surface area contributed by atoms with E-state index in [0.717, 1.165) is 12.5 Å². The van der Waals surface area contributed by atoms with Crippen molar-refractivity contribution < 1.29 is 0 Å². The van der Waals surface area contributed by atoms with Crippen LogP contribution in [0.1, 0.15) is 51.9 Å². The zero-order valence-electron chi connectivity index (χ0n) is 10.1. The van der Waals surface area contributed by atoms with Gasteiger partial charge in [0.25, 0.3) is 0 Å². The molecule has 88 valence electrons. The van der Waals surface area contributed by atoms with Crippen molar-refractivity contribution in [3.63, 3.8) is 0 Å². The van der Waals surface area contributed by atoms with Crippen molar-refractivity contribution >= 4 is 0 Å². The summed E-state index contributed by atoms with van der Waals surface area (Å²) in [6, 6.07) is 0.469. The molecule has 2 nitrogen and oxygen atoms in total. The lowest BCUT2D eigenvalue weighted by Crippen LogP contribution is -2.42. The standard InChI is InChI=1S/C13H26N2/c1-2-13(7-4-8-13)10-15-9-11-5-3-6-12(11)14/h11-12,15H,2-10,14H2,1H3. The maximum atomic E-state index is 6.07. The van der Waals surface area contributed by atoms with E-state index in [2.05, 4.69) is 12.2 Å². The summed E-state index contributed by atoms with van der Waals surface area (Å²) < 4.78 is 0. The third-order valence-electron chi connectivity index (χ3n) is 4.79. The Kier molecular flexibility index (Phi) is 3.68. The number of hydrogen-bond acceptors (Lipinski definition) is 2. The first-order valence-electron chi connectivity index (χ1n) is 6.72. The van der Waals surface area contributed by atoms with Gasteiger partial charge >= 0.3 is 0 Å². The first-order chi connectivity index (χ1) is 7.26. The average molecular weight is 210 g/mol. The van der Waals surface area contributed by atoms with Crippen molar-refractivity contribution in [1.29, 1.82) is 0 Å². The molecule has 2 heteroatoms. The first kappa shape index (κ1) is 11.4. The van der Waals surface area contributed by atoms with Gasteiger partial charge in [-0.05, 0) is 50.0 Å². The van der Waals surface area contributed by atoms with E-state index >= 15 is 0 Å². The van der Waals surface area contributed by atoms with E-state index < -0.39 is 0 Å². The quantitative estimate of drug-likeness (QED) is 0.730. The Morgan fingerprint density at radius 2 is 2.07 bits per heavy atom. The molecule has 0 aromatic carbocycles. The van der Waals surface area contributed by atoms with Crippen LogP contribution in [-0.4, -0.2) is 19.1 Å². The first-order valence-corrected chi connectivity index (χ1v) is 6.72. The molecule has 0 aromatic rings. The summed E-state index contributed by atoms with van der Waals surface area (Å²) >= 11 is 0. The molecule has 2 unspecified atom stereocenters. The fourth-order valence-electron chi connectivity index (χ4n) is 3.17. The zero-order valence-corrected chi connectivity index (χ0v) is 10.1. The number of nitrogens with two attached hydrogens (primary N) is 1.